The molecule has 7 rings (SSSR count). The number of hydrogen-bond acceptors (Lipinski definition) is 6. The van der Waals surface area contributed by atoms with Crippen LogP contribution in [0.4, 0.5) is 0 Å². The molecule has 1 aliphatic rings. The van der Waals surface area contributed by atoms with E-state index in [1.165, 1.54) is 0 Å². The third kappa shape index (κ3) is 8.41. The van der Waals surface area contributed by atoms with Crippen LogP contribution in [-0.4, -0.2) is 42.4 Å². The summed E-state index contributed by atoms with van der Waals surface area (Å²) in [5.74, 6) is 0. The first-order valence-electron chi connectivity index (χ1n) is 17.8. The number of ether oxygens (including phenoxy) is 5. The van der Waals surface area contributed by atoms with Crippen molar-refractivity contribution in [2.75, 3.05) is 6.61 Å². The maximum atomic E-state index is 11.5. The number of rotatable bonds is 16. The van der Waals surface area contributed by atoms with Gasteiger partial charge in [-0.15, -0.1) is 0 Å². The molecule has 0 aliphatic carbocycles. The fourth-order valence-electron chi connectivity index (χ4n) is 6.86. The molecule has 6 aromatic rings. The standard InChI is InChI=1S/C46H44O6/c47-45-44(50-33-37-23-11-3-12-24-37)43(49-32-36-21-9-2-10-22-36)42(52-45)41(48-31-35-19-7-1-8-20-35)34-51-46(38-25-13-4-14-26-38,39-27-15-5-16-28-39)40-29-17-6-18-30-40/h1-30,41-45,47H,31-34H2/t41-,42+,43+,44-,45?/m1/s1. The van der Waals surface area contributed by atoms with Crippen molar-refractivity contribution in [3.8, 4) is 0 Å². The van der Waals surface area contributed by atoms with Gasteiger partial charge >= 0.3 is 0 Å². The smallest absolute Gasteiger partial charge is 0.184 e. The normalized spacial score (nSPS) is 19.3. The van der Waals surface area contributed by atoms with Gasteiger partial charge < -0.3 is 28.8 Å². The van der Waals surface area contributed by atoms with Gasteiger partial charge in [0, 0.05) is 0 Å². The zero-order valence-corrected chi connectivity index (χ0v) is 29.0. The second-order valence-electron chi connectivity index (χ2n) is 12.9. The summed E-state index contributed by atoms with van der Waals surface area (Å²) in [4.78, 5) is 0. The fourth-order valence-corrected chi connectivity index (χ4v) is 6.86. The first kappa shape index (κ1) is 35.5. The second kappa shape index (κ2) is 17.5. The lowest BCUT2D eigenvalue weighted by Gasteiger charge is -2.38. The molecule has 0 amide bonds. The van der Waals surface area contributed by atoms with Crippen LogP contribution in [0.15, 0.2) is 182 Å². The van der Waals surface area contributed by atoms with Crippen LogP contribution in [0.25, 0.3) is 0 Å². The number of benzene rings is 6. The SMILES string of the molecule is OC1O[C@@H]([C@@H](COC(c2ccccc2)(c2ccccc2)c2ccccc2)OCc2ccccc2)[C@H](OCc2ccccc2)[C@H]1OCc1ccccc1. The maximum absolute atomic E-state index is 11.5. The van der Waals surface area contributed by atoms with E-state index in [4.69, 9.17) is 23.7 Å². The number of hydrogen-bond donors (Lipinski definition) is 1. The quantitative estimate of drug-likeness (QED) is 0.103. The molecule has 1 saturated heterocycles. The number of aliphatic hydroxyl groups is 1. The third-order valence-electron chi connectivity index (χ3n) is 9.47. The van der Waals surface area contributed by atoms with Crippen molar-refractivity contribution < 1.29 is 28.8 Å². The highest BCUT2D eigenvalue weighted by molar-refractivity contribution is 5.47. The number of aliphatic hydroxyl groups excluding tert-OH is 1. The molecule has 0 bridgehead atoms. The van der Waals surface area contributed by atoms with Crippen molar-refractivity contribution in [3.05, 3.63) is 215 Å². The summed E-state index contributed by atoms with van der Waals surface area (Å²) in [5, 5.41) is 11.5. The van der Waals surface area contributed by atoms with Crippen molar-refractivity contribution in [2.45, 2.75) is 56.1 Å². The highest BCUT2D eigenvalue weighted by Gasteiger charge is 2.50. The summed E-state index contributed by atoms with van der Waals surface area (Å²) in [5.41, 5.74) is 4.92. The van der Waals surface area contributed by atoms with Gasteiger partial charge in [0.2, 0.25) is 0 Å². The van der Waals surface area contributed by atoms with Crippen molar-refractivity contribution in [1.29, 1.82) is 0 Å². The summed E-state index contributed by atoms with van der Waals surface area (Å²) in [6.07, 6.45) is -4.11. The van der Waals surface area contributed by atoms with E-state index >= 15 is 0 Å². The molecule has 5 atom stereocenters. The third-order valence-corrected chi connectivity index (χ3v) is 9.47. The van der Waals surface area contributed by atoms with Crippen LogP contribution in [0.2, 0.25) is 0 Å². The van der Waals surface area contributed by atoms with Gasteiger partial charge in [-0.3, -0.25) is 0 Å². The lowest BCUT2D eigenvalue weighted by molar-refractivity contribution is -0.179. The Balaban J connectivity index is 1.25. The molecule has 1 N–H and O–H groups in total. The average molecular weight is 693 g/mol. The van der Waals surface area contributed by atoms with E-state index in [0.717, 1.165) is 33.4 Å². The van der Waals surface area contributed by atoms with Crippen molar-refractivity contribution in [1.82, 2.24) is 0 Å². The lowest BCUT2D eigenvalue weighted by Crippen LogP contribution is -2.46. The topological polar surface area (TPSA) is 66.4 Å². The lowest BCUT2D eigenvalue weighted by atomic mass is 9.80. The van der Waals surface area contributed by atoms with E-state index < -0.39 is 36.3 Å². The first-order chi connectivity index (χ1) is 25.7. The zero-order valence-electron chi connectivity index (χ0n) is 29.0. The fraction of sp³-hybridized carbons (Fsp3) is 0.217. The van der Waals surface area contributed by atoms with Crippen LogP contribution in [0.3, 0.4) is 0 Å². The molecular formula is C46H44O6. The van der Waals surface area contributed by atoms with Gasteiger partial charge in [-0.1, -0.05) is 182 Å². The van der Waals surface area contributed by atoms with Gasteiger partial charge in [0.15, 0.2) is 6.29 Å². The Bertz CT molecular complexity index is 1800. The van der Waals surface area contributed by atoms with Crippen LogP contribution in [0, 0.1) is 0 Å². The summed E-state index contributed by atoms with van der Waals surface area (Å²) in [7, 11) is 0. The second-order valence-corrected chi connectivity index (χ2v) is 12.9. The highest BCUT2D eigenvalue weighted by atomic mass is 16.7. The van der Waals surface area contributed by atoms with Gasteiger partial charge in [-0.25, -0.2) is 0 Å². The van der Waals surface area contributed by atoms with Crippen LogP contribution >= 0.6 is 0 Å². The Morgan fingerprint density at radius 3 is 1.27 bits per heavy atom. The van der Waals surface area contributed by atoms with E-state index in [2.05, 4.69) is 36.4 Å². The first-order valence-corrected chi connectivity index (χ1v) is 17.8. The average Bonchev–Trinajstić information content (AvgIpc) is 3.53. The van der Waals surface area contributed by atoms with Crippen molar-refractivity contribution >= 4 is 0 Å². The minimum absolute atomic E-state index is 0.111. The van der Waals surface area contributed by atoms with E-state index in [1.807, 2.05) is 146 Å². The zero-order chi connectivity index (χ0) is 35.4. The molecule has 6 heteroatoms. The molecule has 1 heterocycles. The molecule has 52 heavy (non-hydrogen) atoms. The maximum Gasteiger partial charge on any atom is 0.184 e. The van der Waals surface area contributed by atoms with Gasteiger partial charge in [0.1, 0.15) is 30.0 Å². The van der Waals surface area contributed by atoms with Crippen molar-refractivity contribution in [2.24, 2.45) is 0 Å². The Labute approximate surface area is 306 Å². The molecule has 0 aromatic heterocycles. The molecule has 264 valence electrons. The van der Waals surface area contributed by atoms with Crippen LogP contribution < -0.4 is 0 Å². The van der Waals surface area contributed by atoms with E-state index in [1.54, 1.807) is 0 Å². The Morgan fingerprint density at radius 1 is 0.481 bits per heavy atom. The molecule has 6 nitrogen and oxygen atoms in total. The Kier molecular flexibility index (Phi) is 12.0. The Morgan fingerprint density at radius 2 is 0.846 bits per heavy atom. The Hall–Kier alpha value is -4.92. The minimum atomic E-state index is -1.25. The van der Waals surface area contributed by atoms with Gasteiger partial charge in [0.05, 0.1) is 26.4 Å². The molecule has 6 aromatic carbocycles. The van der Waals surface area contributed by atoms with Crippen LogP contribution in [0.1, 0.15) is 33.4 Å². The summed E-state index contributed by atoms with van der Waals surface area (Å²) < 4.78 is 33.5. The summed E-state index contributed by atoms with van der Waals surface area (Å²) >= 11 is 0. The van der Waals surface area contributed by atoms with Gasteiger partial charge in [-0.05, 0) is 33.4 Å². The van der Waals surface area contributed by atoms with Crippen LogP contribution in [-0.2, 0) is 49.1 Å². The van der Waals surface area contributed by atoms with Crippen molar-refractivity contribution in [3.63, 3.8) is 0 Å². The summed E-state index contributed by atoms with van der Waals surface area (Å²) in [6.45, 7) is 1.01. The van der Waals surface area contributed by atoms with Gasteiger partial charge in [0.25, 0.3) is 0 Å². The predicted octanol–water partition coefficient (Wildman–Crippen LogP) is 8.47. The molecule has 1 unspecified atom stereocenters. The van der Waals surface area contributed by atoms with E-state index in [0.29, 0.717) is 13.2 Å². The highest BCUT2D eigenvalue weighted by Crippen LogP contribution is 2.41. The van der Waals surface area contributed by atoms with E-state index in [-0.39, 0.29) is 13.2 Å². The molecule has 0 radical (unpaired) electrons. The largest absolute Gasteiger partial charge is 0.368 e. The minimum Gasteiger partial charge on any atom is -0.368 e. The predicted molar refractivity (Wildman–Crippen MR) is 201 cm³/mol. The molecular weight excluding hydrogens is 649 g/mol. The molecule has 0 saturated carbocycles. The molecule has 1 fully saturated rings. The van der Waals surface area contributed by atoms with E-state index in [9.17, 15) is 5.11 Å². The molecule has 0 spiro atoms. The summed E-state index contributed by atoms with van der Waals surface area (Å²) in [6, 6.07) is 60.6. The van der Waals surface area contributed by atoms with Crippen LogP contribution in [0.5, 0.6) is 0 Å². The monoisotopic (exact) mass is 692 g/mol. The van der Waals surface area contributed by atoms with Gasteiger partial charge in [-0.2, -0.15) is 0 Å². The molecule has 1 aliphatic heterocycles.